The average Bonchev–Trinajstić information content (AvgIpc) is 0.811. The molecular weight excluding hydrogens is 85.0 g/mol. The molecule has 0 aliphatic heterocycles. The van der Waals surface area contributed by atoms with Gasteiger partial charge >= 0.3 is 29.6 Å². The van der Waals surface area contributed by atoms with Crippen LogP contribution in [0.4, 0.5) is 0 Å². The summed E-state index contributed by atoms with van der Waals surface area (Å²) < 4.78 is 0. The van der Waals surface area contributed by atoms with Crippen molar-refractivity contribution >= 4 is 0 Å². The van der Waals surface area contributed by atoms with E-state index in [-0.39, 0.29) is 29.6 Å². The summed E-state index contributed by atoms with van der Waals surface area (Å²) in [6.07, 6.45) is 0. The molecule has 0 heterocycles. The Morgan fingerprint density at radius 2 is 1.40 bits per heavy atom. The maximum atomic E-state index is 8.25. The predicted molar refractivity (Wildman–Crippen MR) is 10.4 cm³/mol. The third kappa shape index (κ3) is 508. The first-order chi connectivity index (χ1) is 1.73. The Balaban J connectivity index is 0. The average molecular weight is 85.0 g/mol. The molecule has 0 spiro atoms. The van der Waals surface area contributed by atoms with Gasteiger partial charge in [0.25, 0.3) is 0 Å². The van der Waals surface area contributed by atoms with E-state index in [1.807, 2.05) is 0 Å². The summed E-state index contributed by atoms with van der Waals surface area (Å²) in [6, 6.07) is 0. The molecule has 0 aromatic heterocycles. The van der Waals surface area contributed by atoms with Gasteiger partial charge in [0, 0.05) is 0 Å². The standard InChI is InChI=1S/NO3.Na/c2-1(3)4;/q-1;+1/i1+0;. The summed E-state index contributed by atoms with van der Waals surface area (Å²) in [7, 11) is 0. The van der Waals surface area contributed by atoms with E-state index < -0.39 is 5.09 Å². The van der Waals surface area contributed by atoms with Gasteiger partial charge in [0.2, 0.25) is 0 Å². The zero-order valence-electron chi connectivity index (χ0n) is 2.67. The first-order valence-electron chi connectivity index (χ1n) is 0.548. The van der Waals surface area contributed by atoms with Crippen LogP contribution in [-0.4, -0.2) is 5.09 Å². The Kier molecular flexibility index (Phi) is 7.52. The molecule has 5 heteroatoms. The molecule has 0 atom stereocenters. The van der Waals surface area contributed by atoms with Gasteiger partial charge in [-0.05, 0) is 0 Å². The van der Waals surface area contributed by atoms with Gasteiger partial charge < -0.3 is 15.3 Å². The summed E-state index contributed by atoms with van der Waals surface area (Å²) in [5.41, 5.74) is 0. The van der Waals surface area contributed by atoms with Crippen molar-refractivity contribution in [3.63, 3.8) is 0 Å². The van der Waals surface area contributed by atoms with Crippen molar-refractivity contribution < 1.29 is 34.6 Å². The Labute approximate surface area is 50.2 Å². The normalized spacial score (nSPS) is 4.80. The summed E-state index contributed by atoms with van der Waals surface area (Å²) in [4.78, 5) is 8.25. The Morgan fingerprint density at radius 1 is 1.40 bits per heavy atom. The number of hydrogen-bond acceptors (Lipinski definition) is 3. The van der Waals surface area contributed by atoms with Gasteiger partial charge in [-0.2, -0.15) is 0 Å². The van der Waals surface area contributed by atoms with Gasteiger partial charge in [0.05, 0.1) is 5.09 Å². The topological polar surface area (TPSA) is 66.2 Å². The smallest absolute Gasteiger partial charge is 0.356 e. The van der Waals surface area contributed by atoms with Crippen molar-refractivity contribution in [2.24, 2.45) is 0 Å². The van der Waals surface area contributed by atoms with Crippen LogP contribution in [-0.2, 0) is 0 Å². The van der Waals surface area contributed by atoms with Crippen molar-refractivity contribution in [2.45, 2.75) is 0 Å². The fourth-order valence-electron chi connectivity index (χ4n) is 0. The second-order valence-corrected chi connectivity index (χ2v) is 0.224. The zero-order valence-corrected chi connectivity index (χ0v) is 4.67. The number of hydrogen-bond donors (Lipinski definition) is 0. The monoisotopic (exact) mass is 85.0 g/mol. The molecule has 4 nitrogen and oxygen atoms in total. The van der Waals surface area contributed by atoms with Crippen molar-refractivity contribution in [3.05, 3.63) is 15.3 Å². The quantitative estimate of drug-likeness (QED) is 0.176. The summed E-state index contributed by atoms with van der Waals surface area (Å²) in [5, 5.41) is 14.8. The Bertz CT molecular complexity index is 29.9. The molecule has 0 amide bonds. The van der Waals surface area contributed by atoms with Gasteiger partial charge in [-0.25, -0.2) is 0 Å². The van der Waals surface area contributed by atoms with Crippen LogP contribution in [0.3, 0.4) is 0 Å². The van der Waals surface area contributed by atoms with Gasteiger partial charge in [-0.15, -0.1) is 0 Å². The molecule has 0 aliphatic carbocycles. The maximum absolute atomic E-state index is 8.25. The largest absolute Gasteiger partial charge is 1.00 e. The zero-order chi connectivity index (χ0) is 3.58. The third-order valence-electron chi connectivity index (χ3n) is 0. The molecule has 0 rings (SSSR count). The SMILES string of the molecule is O=[14N+]([O-])[O-].[Na+]. The van der Waals surface area contributed by atoms with Gasteiger partial charge in [0.1, 0.15) is 0 Å². The minimum atomic E-state index is -1.75. The summed E-state index contributed by atoms with van der Waals surface area (Å²) in [6.45, 7) is 0. The van der Waals surface area contributed by atoms with Gasteiger partial charge in [-0.3, -0.25) is 0 Å². The molecule has 0 aliphatic rings. The summed E-state index contributed by atoms with van der Waals surface area (Å²) >= 11 is 0. The van der Waals surface area contributed by atoms with E-state index in [2.05, 4.69) is 0 Å². The van der Waals surface area contributed by atoms with Crippen LogP contribution in [0.1, 0.15) is 0 Å². The maximum Gasteiger partial charge on any atom is 1.00 e. The minimum absolute atomic E-state index is 0. The molecule has 0 unspecified atom stereocenters. The van der Waals surface area contributed by atoms with Crippen LogP contribution in [0.15, 0.2) is 0 Å². The second kappa shape index (κ2) is 4.20. The predicted octanol–water partition coefficient (Wildman–Crippen LogP) is -3.24. The molecular formula is NNaO3. The van der Waals surface area contributed by atoms with Crippen molar-refractivity contribution in [1.29, 1.82) is 0 Å². The second-order valence-electron chi connectivity index (χ2n) is 0.224. The van der Waals surface area contributed by atoms with Gasteiger partial charge in [-0.1, -0.05) is 0 Å². The van der Waals surface area contributed by atoms with Crippen LogP contribution < -0.4 is 29.6 Å². The number of nitrogens with zero attached hydrogens (tertiary/aromatic N) is 1. The molecule has 0 saturated carbocycles. The molecule has 24 valence electrons. The van der Waals surface area contributed by atoms with Gasteiger partial charge in [0.15, 0.2) is 0 Å². The fraction of sp³-hybridized carbons (Fsp3) is 0. The summed E-state index contributed by atoms with van der Waals surface area (Å²) in [5.74, 6) is 0. The van der Waals surface area contributed by atoms with E-state index in [0.29, 0.717) is 0 Å². The molecule has 0 bridgehead atoms. The van der Waals surface area contributed by atoms with E-state index in [0.717, 1.165) is 0 Å². The molecule has 0 radical (unpaired) electrons. The Morgan fingerprint density at radius 3 is 1.40 bits per heavy atom. The molecule has 5 heavy (non-hydrogen) atoms. The van der Waals surface area contributed by atoms with Crippen LogP contribution in [0.5, 0.6) is 0 Å². The molecule has 0 aromatic rings. The fourth-order valence-corrected chi connectivity index (χ4v) is 0. The van der Waals surface area contributed by atoms with E-state index in [1.165, 1.54) is 0 Å². The minimum Gasteiger partial charge on any atom is -0.356 e. The van der Waals surface area contributed by atoms with E-state index in [4.69, 9.17) is 15.3 Å². The van der Waals surface area contributed by atoms with Crippen molar-refractivity contribution in [2.75, 3.05) is 0 Å². The molecule has 0 N–H and O–H groups in total. The van der Waals surface area contributed by atoms with E-state index in [1.54, 1.807) is 0 Å². The van der Waals surface area contributed by atoms with Crippen molar-refractivity contribution in [1.82, 2.24) is 0 Å². The molecule has 0 aromatic carbocycles. The van der Waals surface area contributed by atoms with E-state index >= 15 is 0 Å². The Hall–Kier alpha value is 0.200. The third-order valence-corrected chi connectivity index (χ3v) is 0. The molecule has 0 fully saturated rings. The van der Waals surface area contributed by atoms with E-state index in [9.17, 15) is 0 Å². The van der Waals surface area contributed by atoms with Crippen LogP contribution in [0.2, 0.25) is 0 Å². The first-order valence-corrected chi connectivity index (χ1v) is 0.548. The van der Waals surface area contributed by atoms with Crippen LogP contribution in [0, 0.1) is 15.3 Å². The van der Waals surface area contributed by atoms with Crippen molar-refractivity contribution in [3.8, 4) is 0 Å². The molecule has 0 saturated heterocycles. The van der Waals surface area contributed by atoms with Crippen LogP contribution in [0.25, 0.3) is 0 Å². The number of rotatable bonds is 0. The van der Waals surface area contributed by atoms with Crippen LogP contribution >= 0.6 is 0 Å². The first kappa shape index (κ1) is 8.96.